The van der Waals surface area contributed by atoms with Crippen molar-refractivity contribution in [2.45, 2.75) is 60.0 Å². The van der Waals surface area contributed by atoms with Crippen LogP contribution < -0.4 is 5.32 Å². The zero-order valence-corrected chi connectivity index (χ0v) is 20.3. The summed E-state index contributed by atoms with van der Waals surface area (Å²) in [5.74, 6) is 1.72. The lowest BCUT2D eigenvalue weighted by Gasteiger charge is -2.36. The van der Waals surface area contributed by atoms with Gasteiger partial charge in [-0.3, -0.25) is 4.79 Å². The normalized spacial score (nSPS) is 15.9. The summed E-state index contributed by atoms with van der Waals surface area (Å²) in [4.78, 5) is 34.5. The summed E-state index contributed by atoms with van der Waals surface area (Å²) in [7, 11) is 3.49. The molecule has 2 amide bonds. The number of rotatable bonds is 7. The fraction of sp³-hybridized carbons (Fsp3) is 0.864. The Kier molecular flexibility index (Phi) is 10.4. The molecule has 0 radical (unpaired) electrons. The number of guanidine groups is 1. The van der Waals surface area contributed by atoms with E-state index in [4.69, 9.17) is 4.74 Å². The van der Waals surface area contributed by atoms with E-state index in [1.54, 1.807) is 23.9 Å². The van der Waals surface area contributed by atoms with Crippen molar-refractivity contribution < 1.29 is 14.3 Å². The smallest absolute Gasteiger partial charge is 0.410 e. The van der Waals surface area contributed by atoms with Crippen molar-refractivity contribution in [1.82, 2.24) is 20.0 Å². The highest BCUT2D eigenvalue weighted by molar-refractivity contribution is 5.84. The Morgan fingerprint density at radius 3 is 2.27 bits per heavy atom. The molecule has 0 aromatic rings. The van der Waals surface area contributed by atoms with Gasteiger partial charge in [0.2, 0.25) is 5.91 Å². The summed E-state index contributed by atoms with van der Waals surface area (Å²) >= 11 is 0. The van der Waals surface area contributed by atoms with Crippen LogP contribution in [0.15, 0.2) is 4.99 Å². The molecule has 1 aliphatic heterocycles. The molecule has 174 valence electrons. The summed E-state index contributed by atoms with van der Waals surface area (Å²) in [6.45, 7) is 16.0. The first kappa shape index (κ1) is 26.0. The predicted octanol–water partition coefficient (Wildman–Crippen LogP) is 2.65. The van der Waals surface area contributed by atoms with Gasteiger partial charge >= 0.3 is 6.09 Å². The largest absolute Gasteiger partial charge is 0.444 e. The lowest BCUT2D eigenvalue weighted by atomic mass is 9.96. The third-order valence-corrected chi connectivity index (χ3v) is 4.96. The van der Waals surface area contributed by atoms with Crippen LogP contribution in [0.5, 0.6) is 0 Å². The highest BCUT2D eigenvalue weighted by Gasteiger charge is 2.27. The molecule has 30 heavy (non-hydrogen) atoms. The molecule has 1 aliphatic rings. The van der Waals surface area contributed by atoms with E-state index in [9.17, 15) is 9.59 Å². The molecule has 0 spiro atoms. The van der Waals surface area contributed by atoms with Crippen LogP contribution in [0.4, 0.5) is 4.79 Å². The lowest BCUT2D eigenvalue weighted by Crippen LogP contribution is -2.48. The van der Waals surface area contributed by atoms with Gasteiger partial charge in [0, 0.05) is 46.8 Å². The van der Waals surface area contributed by atoms with Crippen molar-refractivity contribution in [3.05, 3.63) is 0 Å². The van der Waals surface area contributed by atoms with Gasteiger partial charge < -0.3 is 24.8 Å². The Morgan fingerprint density at radius 2 is 1.80 bits per heavy atom. The van der Waals surface area contributed by atoms with E-state index >= 15 is 0 Å². The standard InChI is InChI=1S/C22H43N5O3/c1-9-26(21(29)30-22(4,5)6)16-18-10-12-27(13-11-18)20(23-14-17(2)3)24-15-19(28)25(7)8/h17-18H,9-16H2,1-8H3,(H,23,24). The van der Waals surface area contributed by atoms with Crippen molar-refractivity contribution in [2.75, 3.05) is 53.4 Å². The number of carbonyl (C=O) groups is 2. The van der Waals surface area contributed by atoms with Crippen LogP contribution in [-0.2, 0) is 9.53 Å². The molecule has 0 aromatic carbocycles. The minimum atomic E-state index is -0.481. The molecule has 8 heteroatoms. The number of aliphatic imine (C=N–C) groups is 1. The zero-order valence-electron chi connectivity index (χ0n) is 20.3. The molecule has 1 heterocycles. The molecule has 0 aromatic heterocycles. The summed E-state index contributed by atoms with van der Waals surface area (Å²) in [5, 5.41) is 3.41. The first-order valence-corrected chi connectivity index (χ1v) is 11.1. The third-order valence-electron chi connectivity index (χ3n) is 4.96. The molecule has 0 saturated carbocycles. The fourth-order valence-electron chi connectivity index (χ4n) is 3.15. The molecule has 8 nitrogen and oxygen atoms in total. The number of carbonyl (C=O) groups excluding carboxylic acids is 2. The summed E-state index contributed by atoms with van der Waals surface area (Å²) in [6, 6.07) is 0. The Labute approximate surface area is 183 Å². The molecule has 0 unspecified atom stereocenters. The van der Waals surface area contributed by atoms with Crippen LogP contribution in [0.3, 0.4) is 0 Å². The highest BCUT2D eigenvalue weighted by atomic mass is 16.6. The van der Waals surface area contributed by atoms with Gasteiger partial charge in [-0.1, -0.05) is 13.8 Å². The highest BCUT2D eigenvalue weighted by Crippen LogP contribution is 2.20. The molecular formula is C22H43N5O3. The Hall–Kier alpha value is -1.99. The summed E-state index contributed by atoms with van der Waals surface area (Å²) < 4.78 is 5.53. The van der Waals surface area contributed by atoms with Crippen LogP contribution >= 0.6 is 0 Å². The van der Waals surface area contributed by atoms with Crippen molar-refractivity contribution in [3.8, 4) is 0 Å². The number of likely N-dealkylation sites (tertiary alicyclic amines) is 1. The second-order valence-corrected chi connectivity index (χ2v) is 9.65. The molecule has 1 rings (SSSR count). The van der Waals surface area contributed by atoms with Crippen LogP contribution in [0, 0.1) is 11.8 Å². The van der Waals surface area contributed by atoms with Gasteiger partial charge in [-0.05, 0) is 52.4 Å². The second kappa shape index (κ2) is 12.0. The van der Waals surface area contributed by atoms with E-state index in [1.165, 1.54) is 0 Å². The number of nitrogens with zero attached hydrogens (tertiary/aromatic N) is 4. The minimum absolute atomic E-state index is 0.00955. The zero-order chi connectivity index (χ0) is 22.9. The number of hydrogen-bond donors (Lipinski definition) is 1. The van der Waals surface area contributed by atoms with Gasteiger partial charge in [0.05, 0.1) is 0 Å². The molecule has 0 atom stereocenters. The first-order chi connectivity index (χ1) is 13.9. The second-order valence-electron chi connectivity index (χ2n) is 9.65. The van der Waals surface area contributed by atoms with Crippen LogP contribution in [0.2, 0.25) is 0 Å². The summed E-state index contributed by atoms with van der Waals surface area (Å²) in [6.07, 6.45) is 1.71. The lowest BCUT2D eigenvalue weighted by molar-refractivity contribution is -0.127. The van der Waals surface area contributed by atoms with Crippen LogP contribution in [0.1, 0.15) is 54.4 Å². The molecule has 1 saturated heterocycles. The van der Waals surface area contributed by atoms with E-state index in [2.05, 4.69) is 29.1 Å². The number of ether oxygens (including phenoxy) is 1. The van der Waals surface area contributed by atoms with Gasteiger partial charge in [0.25, 0.3) is 0 Å². The van der Waals surface area contributed by atoms with E-state index in [0.717, 1.165) is 38.4 Å². The molecule has 1 N–H and O–H groups in total. The quantitative estimate of drug-likeness (QED) is 0.501. The van der Waals surface area contributed by atoms with Crippen molar-refractivity contribution >= 4 is 18.0 Å². The first-order valence-electron chi connectivity index (χ1n) is 11.1. The Morgan fingerprint density at radius 1 is 1.20 bits per heavy atom. The van der Waals surface area contributed by atoms with Gasteiger partial charge in [-0.2, -0.15) is 0 Å². The van der Waals surface area contributed by atoms with E-state index < -0.39 is 5.60 Å². The van der Waals surface area contributed by atoms with E-state index in [0.29, 0.717) is 24.9 Å². The van der Waals surface area contributed by atoms with Gasteiger partial charge in [0.1, 0.15) is 12.1 Å². The maximum Gasteiger partial charge on any atom is 0.410 e. The molecule has 0 aliphatic carbocycles. The van der Waals surface area contributed by atoms with Crippen LogP contribution in [0.25, 0.3) is 0 Å². The topological polar surface area (TPSA) is 77.5 Å². The van der Waals surface area contributed by atoms with Crippen LogP contribution in [-0.4, -0.2) is 91.6 Å². The minimum Gasteiger partial charge on any atom is -0.444 e. The Bertz CT molecular complexity index is 576. The van der Waals surface area contributed by atoms with Crippen molar-refractivity contribution in [2.24, 2.45) is 16.8 Å². The third kappa shape index (κ3) is 9.67. The Balaban J connectivity index is 2.67. The number of likely N-dealkylation sites (N-methyl/N-ethyl adjacent to an activating group) is 1. The predicted molar refractivity (Wildman–Crippen MR) is 122 cm³/mol. The monoisotopic (exact) mass is 425 g/mol. The average Bonchev–Trinajstić information content (AvgIpc) is 2.64. The average molecular weight is 426 g/mol. The molecular weight excluding hydrogens is 382 g/mol. The molecule has 0 bridgehead atoms. The van der Waals surface area contributed by atoms with Crippen molar-refractivity contribution in [1.29, 1.82) is 0 Å². The number of amides is 2. The number of piperidine rings is 1. The van der Waals surface area contributed by atoms with Gasteiger partial charge in [-0.15, -0.1) is 0 Å². The van der Waals surface area contributed by atoms with Gasteiger partial charge in [0.15, 0.2) is 5.96 Å². The SMILES string of the molecule is CCN(CC1CCN(C(=NCC(=O)N(C)C)NCC(C)C)CC1)C(=O)OC(C)(C)C. The van der Waals surface area contributed by atoms with Crippen molar-refractivity contribution in [3.63, 3.8) is 0 Å². The van der Waals surface area contributed by atoms with E-state index in [-0.39, 0.29) is 18.5 Å². The number of nitrogens with one attached hydrogen (secondary N) is 1. The van der Waals surface area contributed by atoms with Gasteiger partial charge in [-0.25, -0.2) is 9.79 Å². The maximum atomic E-state index is 12.4. The number of hydrogen-bond acceptors (Lipinski definition) is 4. The summed E-state index contributed by atoms with van der Waals surface area (Å²) in [5.41, 5.74) is -0.481. The fourth-order valence-corrected chi connectivity index (χ4v) is 3.15. The van der Waals surface area contributed by atoms with E-state index in [1.807, 2.05) is 27.7 Å². The molecule has 1 fully saturated rings. The maximum absolute atomic E-state index is 12.4.